The van der Waals surface area contributed by atoms with Crippen LogP contribution in [0.25, 0.3) is 0 Å². The molecule has 1 heterocycles. The number of methoxy groups -OCH3 is 1. The van der Waals surface area contributed by atoms with Crippen molar-refractivity contribution in [2.24, 2.45) is 0 Å². The quantitative estimate of drug-likeness (QED) is 0.537. The summed E-state index contributed by atoms with van der Waals surface area (Å²) in [4.78, 5) is 24.4. The zero-order valence-electron chi connectivity index (χ0n) is 19.0. The van der Waals surface area contributed by atoms with Crippen LogP contribution in [0.15, 0.2) is 47.4 Å². The van der Waals surface area contributed by atoms with Crippen LogP contribution in [0.4, 0.5) is 4.39 Å². The van der Waals surface area contributed by atoms with Crippen LogP contribution in [0, 0.1) is 12.7 Å². The molecule has 9 nitrogen and oxygen atoms in total. The number of hydrogen-bond acceptors (Lipinski definition) is 6. The SMILES string of the molecule is COc1ccccc1CCNC(=O)C(=O)NC[C@@H]1OCCCN1S(=O)(=O)c1ccc(F)cc1C. The van der Waals surface area contributed by atoms with Gasteiger partial charge in [-0.15, -0.1) is 0 Å². The Hall–Kier alpha value is -3.02. The van der Waals surface area contributed by atoms with Crippen LogP contribution in [0.1, 0.15) is 17.5 Å². The van der Waals surface area contributed by atoms with Crippen molar-refractivity contribution in [2.75, 3.05) is 33.4 Å². The molecule has 11 heteroatoms. The Morgan fingerprint density at radius 1 is 1.18 bits per heavy atom. The van der Waals surface area contributed by atoms with Crippen molar-refractivity contribution in [1.82, 2.24) is 14.9 Å². The molecular weight excluding hydrogens is 465 g/mol. The molecule has 0 bridgehead atoms. The van der Waals surface area contributed by atoms with Crippen molar-refractivity contribution in [3.63, 3.8) is 0 Å². The average Bonchev–Trinajstić information content (AvgIpc) is 2.82. The van der Waals surface area contributed by atoms with E-state index in [9.17, 15) is 22.4 Å². The second-order valence-corrected chi connectivity index (χ2v) is 9.59. The van der Waals surface area contributed by atoms with Crippen molar-refractivity contribution in [3.8, 4) is 5.75 Å². The number of nitrogens with zero attached hydrogens (tertiary/aromatic N) is 1. The van der Waals surface area contributed by atoms with Gasteiger partial charge in [-0.3, -0.25) is 9.59 Å². The van der Waals surface area contributed by atoms with E-state index in [0.717, 1.165) is 22.0 Å². The van der Waals surface area contributed by atoms with Crippen LogP contribution in [0.5, 0.6) is 5.75 Å². The number of para-hydroxylation sites is 1. The van der Waals surface area contributed by atoms with Crippen LogP contribution < -0.4 is 15.4 Å². The fourth-order valence-corrected chi connectivity index (χ4v) is 5.46. The third-order valence-electron chi connectivity index (χ3n) is 5.39. The van der Waals surface area contributed by atoms with Crippen molar-refractivity contribution in [3.05, 3.63) is 59.4 Å². The Bertz CT molecular complexity index is 1140. The van der Waals surface area contributed by atoms with Gasteiger partial charge >= 0.3 is 11.8 Å². The number of rotatable bonds is 8. The fraction of sp³-hybridized carbons (Fsp3) is 0.391. The number of ether oxygens (including phenoxy) is 2. The van der Waals surface area contributed by atoms with Gasteiger partial charge in [0.05, 0.1) is 25.2 Å². The van der Waals surface area contributed by atoms with Gasteiger partial charge in [0.1, 0.15) is 17.8 Å². The lowest BCUT2D eigenvalue weighted by Crippen LogP contribution is -2.53. The Kier molecular flexibility index (Phi) is 8.59. The molecule has 0 unspecified atom stereocenters. The van der Waals surface area contributed by atoms with Crippen molar-refractivity contribution < 1.29 is 31.9 Å². The van der Waals surface area contributed by atoms with E-state index >= 15 is 0 Å². The van der Waals surface area contributed by atoms with Crippen LogP contribution >= 0.6 is 0 Å². The standard InChI is InChI=1S/C23H28FN3O6S/c1-16-14-18(24)8-9-20(16)34(30,31)27-12-5-13-33-21(27)15-26-23(29)22(28)25-11-10-17-6-3-4-7-19(17)32-2/h3-4,6-9,14,21H,5,10-13,15H2,1-2H3,(H,25,28)(H,26,29)/t21-/m0/s1. The first-order valence-electron chi connectivity index (χ1n) is 10.8. The van der Waals surface area contributed by atoms with E-state index in [2.05, 4.69) is 10.6 Å². The molecule has 2 aromatic carbocycles. The molecule has 1 aliphatic rings. The number of carbonyl (C=O) groups excluding carboxylic acids is 2. The van der Waals surface area contributed by atoms with Gasteiger partial charge in [-0.05, 0) is 55.2 Å². The summed E-state index contributed by atoms with van der Waals surface area (Å²) in [5.41, 5.74) is 1.15. The maximum absolute atomic E-state index is 13.4. The number of sulfonamides is 1. The molecule has 2 aromatic rings. The number of aryl methyl sites for hydroxylation is 1. The third kappa shape index (κ3) is 6.10. The smallest absolute Gasteiger partial charge is 0.309 e. The zero-order chi connectivity index (χ0) is 24.7. The summed E-state index contributed by atoms with van der Waals surface area (Å²) in [5, 5.41) is 4.97. The van der Waals surface area contributed by atoms with E-state index in [4.69, 9.17) is 9.47 Å². The molecule has 1 aliphatic heterocycles. The minimum Gasteiger partial charge on any atom is -0.496 e. The number of amides is 2. The predicted octanol–water partition coefficient (Wildman–Crippen LogP) is 1.35. The Morgan fingerprint density at radius 2 is 1.91 bits per heavy atom. The van der Waals surface area contributed by atoms with E-state index in [1.54, 1.807) is 13.2 Å². The lowest BCUT2D eigenvalue weighted by molar-refractivity contribution is -0.140. The third-order valence-corrected chi connectivity index (χ3v) is 7.44. The lowest BCUT2D eigenvalue weighted by atomic mass is 10.1. The summed E-state index contributed by atoms with van der Waals surface area (Å²) >= 11 is 0. The highest BCUT2D eigenvalue weighted by Crippen LogP contribution is 2.25. The summed E-state index contributed by atoms with van der Waals surface area (Å²) in [6.45, 7) is 1.99. The summed E-state index contributed by atoms with van der Waals surface area (Å²) in [6.07, 6.45) is -0.0564. The van der Waals surface area contributed by atoms with E-state index < -0.39 is 33.9 Å². The topological polar surface area (TPSA) is 114 Å². The molecule has 0 aliphatic carbocycles. The van der Waals surface area contributed by atoms with Crippen LogP contribution in [-0.2, 0) is 30.8 Å². The highest BCUT2D eigenvalue weighted by Gasteiger charge is 2.35. The van der Waals surface area contributed by atoms with Crippen molar-refractivity contribution >= 4 is 21.8 Å². The second-order valence-electron chi connectivity index (χ2n) is 7.73. The summed E-state index contributed by atoms with van der Waals surface area (Å²) in [5.74, 6) is -1.58. The van der Waals surface area contributed by atoms with E-state index in [-0.39, 0.29) is 30.1 Å². The van der Waals surface area contributed by atoms with Crippen molar-refractivity contribution in [1.29, 1.82) is 0 Å². The summed E-state index contributed by atoms with van der Waals surface area (Å²) < 4.78 is 51.7. The van der Waals surface area contributed by atoms with Gasteiger partial charge < -0.3 is 20.1 Å². The molecule has 34 heavy (non-hydrogen) atoms. The first-order chi connectivity index (χ1) is 16.2. The average molecular weight is 494 g/mol. The molecule has 2 N–H and O–H groups in total. The van der Waals surface area contributed by atoms with Gasteiger partial charge in [0, 0.05) is 13.1 Å². The minimum absolute atomic E-state index is 0.0372. The fourth-order valence-electron chi connectivity index (χ4n) is 3.69. The number of carbonyl (C=O) groups is 2. The molecule has 3 rings (SSSR count). The zero-order valence-corrected chi connectivity index (χ0v) is 19.9. The lowest BCUT2D eigenvalue weighted by Gasteiger charge is -2.34. The molecule has 1 atom stereocenters. The number of nitrogens with one attached hydrogen (secondary N) is 2. The number of halogens is 1. The van der Waals surface area contributed by atoms with Gasteiger partial charge in [0.15, 0.2) is 0 Å². The monoisotopic (exact) mass is 493 g/mol. The maximum Gasteiger partial charge on any atom is 0.309 e. The van der Waals surface area contributed by atoms with Crippen molar-refractivity contribution in [2.45, 2.75) is 30.9 Å². The number of benzene rings is 2. The largest absolute Gasteiger partial charge is 0.496 e. The Labute approximate surface area is 198 Å². The van der Waals surface area contributed by atoms with Crippen LogP contribution in [0.2, 0.25) is 0 Å². The summed E-state index contributed by atoms with van der Waals surface area (Å²) in [7, 11) is -2.45. The highest BCUT2D eigenvalue weighted by molar-refractivity contribution is 7.89. The predicted molar refractivity (Wildman–Crippen MR) is 122 cm³/mol. The Balaban J connectivity index is 1.57. The Morgan fingerprint density at radius 3 is 2.65 bits per heavy atom. The molecule has 0 spiro atoms. The van der Waals surface area contributed by atoms with Crippen LogP contribution in [0.3, 0.4) is 0 Å². The molecular formula is C23H28FN3O6S. The molecule has 0 radical (unpaired) electrons. The molecule has 2 amide bonds. The minimum atomic E-state index is -4.00. The molecule has 1 fully saturated rings. The van der Waals surface area contributed by atoms with Gasteiger partial charge in [0.25, 0.3) is 0 Å². The maximum atomic E-state index is 13.4. The molecule has 1 saturated heterocycles. The highest BCUT2D eigenvalue weighted by atomic mass is 32.2. The summed E-state index contributed by atoms with van der Waals surface area (Å²) in [6, 6.07) is 10.8. The molecule has 0 saturated carbocycles. The first-order valence-corrected chi connectivity index (χ1v) is 12.3. The van der Waals surface area contributed by atoms with Gasteiger partial charge in [0.2, 0.25) is 10.0 Å². The van der Waals surface area contributed by atoms with E-state index in [0.29, 0.717) is 25.2 Å². The second kappa shape index (κ2) is 11.4. The van der Waals surface area contributed by atoms with Crippen LogP contribution in [-0.4, -0.2) is 64.1 Å². The molecule has 0 aromatic heterocycles. The van der Waals surface area contributed by atoms with E-state index in [1.165, 1.54) is 13.0 Å². The van der Waals surface area contributed by atoms with Gasteiger partial charge in [-0.2, -0.15) is 4.31 Å². The number of hydrogen-bond donors (Lipinski definition) is 2. The first kappa shape index (κ1) is 25.6. The van der Waals surface area contributed by atoms with Gasteiger partial charge in [-0.1, -0.05) is 18.2 Å². The molecule has 184 valence electrons. The van der Waals surface area contributed by atoms with E-state index in [1.807, 2.05) is 18.2 Å². The normalized spacial score (nSPS) is 16.6. The van der Waals surface area contributed by atoms with Gasteiger partial charge in [-0.25, -0.2) is 12.8 Å².